The normalized spacial score (nSPS) is 10.4. The fourth-order valence-electron chi connectivity index (χ4n) is 1.22. The summed E-state index contributed by atoms with van der Waals surface area (Å²) in [6.07, 6.45) is 3.23. The van der Waals surface area contributed by atoms with Gasteiger partial charge in [0.1, 0.15) is 5.82 Å². The van der Waals surface area contributed by atoms with Crippen LogP contribution in [-0.2, 0) is 6.54 Å². The highest BCUT2D eigenvalue weighted by atomic mass is 79.9. The highest BCUT2D eigenvalue weighted by Crippen LogP contribution is 2.27. The monoisotopic (exact) mass is 282 g/mol. The van der Waals surface area contributed by atoms with Crippen LogP contribution < -0.4 is 11.1 Å². The van der Waals surface area contributed by atoms with Crippen molar-refractivity contribution in [3.63, 3.8) is 0 Å². The molecule has 0 spiro atoms. The van der Waals surface area contributed by atoms with E-state index in [1.54, 1.807) is 18.5 Å². The van der Waals surface area contributed by atoms with Gasteiger partial charge < -0.3 is 15.6 Å². The molecule has 0 bridgehead atoms. The van der Waals surface area contributed by atoms with Gasteiger partial charge in [0.05, 0.1) is 29.1 Å². The number of anilines is 2. The Morgan fingerprint density at radius 1 is 1.56 bits per heavy atom. The maximum absolute atomic E-state index is 5.73. The number of nitrogen functional groups attached to an aromatic ring is 1. The van der Waals surface area contributed by atoms with Crippen molar-refractivity contribution < 1.29 is 4.52 Å². The molecule has 2 rings (SSSR count). The van der Waals surface area contributed by atoms with E-state index in [2.05, 4.69) is 31.4 Å². The summed E-state index contributed by atoms with van der Waals surface area (Å²) in [5.74, 6) is 1.49. The Labute approximate surface area is 101 Å². The lowest BCUT2D eigenvalue weighted by molar-refractivity contribution is 0.388. The number of nitrogens with zero attached hydrogens (tertiary/aromatic N) is 2. The first-order valence-electron chi connectivity index (χ1n) is 4.72. The summed E-state index contributed by atoms with van der Waals surface area (Å²) < 4.78 is 5.84. The highest BCUT2D eigenvalue weighted by molar-refractivity contribution is 9.10. The van der Waals surface area contributed by atoms with Crippen molar-refractivity contribution in [3.05, 3.63) is 34.3 Å². The largest absolute Gasteiger partial charge is 0.397 e. The first kappa shape index (κ1) is 10.9. The number of pyridine rings is 1. The Morgan fingerprint density at radius 2 is 2.38 bits per heavy atom. The molecule has 0 aromatic carbocycles. The third kappa shape index (κ3) is 2.16. The minimum atomic E-state index is 0.537. The second kappa shape index (κ2) is 4.52. The smallest absolute Gasteiger partial charge is 0.155 e. The molecule has 0 saturated heterocycles. The van der Waals surface area contributed by atoms with Crippen LogP contribution in [0.4, 0.5) is 11.5 Å². The molecule has 84 valence electrons. The maximum Gasteiger partial charge on any atom is 0.155 e. The van der Waals surface area contributed by atoms with Crippen LogP contribution >= 0.6 is 15.9 Å². The number of rotatable bonds is 3. The van der Waals surface area contributed by atoms with E-state index in [4.69, 9.17) is 10.3 Å². The van der Waals surface area contributed by atoms with Crippen molar-refractivity contribution >= 4 is 27.4 Å². The van der Waals surface area contributed by atoms with E-state index in [0.29, 0.717) is 12.2 Å². The van der Waals surface area contributed by atoms with Crippen LogP contribution in [-0.4, -0.2) is 10.1 Å². The Kier molecular flexibility index (Phi) is 3.09. The van der Waals surface area contributed by atoms with Crippen LogP contribution in [0.15, 0.2) is 27.5 Å². The molecule has 0 unspecified atom stereocenters. The zero-order valence-corrected chi connectivity index (χ0v) is 10.3. The molecule has 2 aromatic rings. The van der Waals surface area contributed by atoms with E-state index in [-0.39, 0.29) is 0 Å². The number of aromatic nitrogens is 2. The summed E-state index contributed by atoms with van der Waals surface area (Å²) >= 11 is 3.44. The van der Waals surface area contributed by atoms with Gasteiger partial charge >= 0.3 is 0 Å². The van der Waals surface area contributed by atoms with Crippen molar-refractivity contribution in [2.24, 2.45) is 0 Å². The lowest BCUT2D eigenvalue weighted by atomic mass is 10.2. The standard InChI is InChI=1S/C10H11BrN4O/c1-6-8(12)5-14-10(9(6)11)13-4-7-2-3-15-16-7/h2-3,5H,4,12H2,1H3,(H,13,14). The number of nitrogens with two attached hydrogens (primary N) is 1. The van der Waals surface area contributed by atoms with Gasteiger partial charge in [-0.25, -0.2) is 4.98 Å². The lowest BCUT2D eigenvalue weighted by Crippen LogP contribution is -2.03. The van der Waals surface area contributed by atoms with Crippen LogP contribution in [0.25, 0.3) is 0 Å². The van der Waals surface area contributed by atoms with Gasteiger partial charge in [0.15, 0.2) is 5.76 Å². The molecule has 2 aromatic heterocycles. The molecule has 2 heterocycles. The Hall–Kier alpha value is -1.56. The molecule has 0 aliphatic heterocycles. The zero-order valence-electron chi connectivity index (χ0n) is 8.70. The minimum Gasteiger partial charge on any atom is -0.397 e. The highest BCUT2D eigenvalue weighted by Gasteiger charge is 2.07. The second-order valence-electron chi connectivity index (χ2n) is 3.33. The second-order valence-corrected chi connectivity index (χ2v) is 4.13. The summed E-state index contributed by atoms with van der Waals surface area (Å²) in [5, 5.41) is 6.76. The third-order valence-corrected chi connectivity index (χ3v) is 3.19. The van der Waals surface area contributed by atoms with Crippen molar-refractivity contribution in [2.45, 2.75) is 13.5 Å². The number of hydrogen-bond acceptors (Lipinski definition) is 5. The number of halogens is 1. The Morgan fingerprint density at radius 3 is 3.06 bits per heavy atom. The first-order valence-corrected chi connectivity index (χ1v) is 5.52. The van der Waals surface area contributed by atoms with Crippen molar-refractivity contribution in [3.8, 4) is 0 Å². The van der Waals surface area contributed by atoms with Gasteiger partial charge in [0.2, 0.25) is 0 Å². The van der Waals surface area contributed by atoms with Gasteiger partial charge in [0, 0.05) is 6.07 Å². The predicted molar refractivity (Wildman–Crippen MR) is 64.9 cm³/mol. The molecule has 0 amide bonds. The number of hydrogen-bond donors (Lipinski definition) is 2. The quantitative estimate of drug-likeness (QED) is 0.904. The van der Waals surface area contributed by atoms with Crippen LogP contribution in [0, 0.1) is 6.92 Å². The maximum atomic E-state index is 5.73. The molecule has 3 N–H and O–H groups in total. The fraction of sp³-hybridized carbons (Fsp3) is 0.200. The molecule has 0 radical (unpaired) electrons. The van der Waals surface area contributed by atoms with Crippen molar-refractivity contribution in [1.82, 2.24) is 10.1 Å². The van der Waals surface area contributed by atoms with Crippen LogP contribution in [0.1, 0.15) is 11.3 Å². The summed E-state index contributed by atoms with van der Waals surface area (Å²) in [6.45, 7) is 2.47. The third-order valence-electron chi connectivity index (χ3n) is 2.22. The average molecular weight is 283 g/mol. The van der Waals surface area contributed by atoms with E-state index in [0.717, 1.165) is 21.6 Å². The van der Waals surface area contributed by atoms with Gasteiger partial charge in [-0.1, -0.05) is 5.16 Å². The van der Waals surface area contributed by atoms with Gasteiger partial charge in [-0.2, -0.15) is 0 Å². The van der Waals surface area contributed by atoms with Gasteiger partial charge in [-0.3, -0.25) is 0 Å². The molecule has 0 aliphatic carbocycles. The molecule has 0 atom stereocenters. The Bertz CT molecular complexity index is 484. The van der Waals surface area contributed by atoms with E-state index in [1.807, 2.05) is 6.92 Å². The molecular weight excluding hydrogens is 272 g/mol. The summed E-state index contributed by atoms with van der Waals surface area (Å²) in [5.41, 5.74) is 7.36. The van der Waals surface area contributed by atoms with Gasteiger partial charge in [-0.15, -0.1) is 0 Å². The molecule has 0 fully saturated rings. The van der Waals surface area contributed by atoms with Gasteiger partial charge in [-0.05, 0) is 28.4 Å². The summed E-state index contributed by atoms with van der Waals surface area (Å²) in [7, 11) is 0. The van der Waals surface area contributed by atoms with Crippen molar-refractivity contribution in [2.75, 3.05) is 11.1 Å². The van der Waals surface area contributed by atoms with E-state index < -0.39 is 0 Å². The van der Waals surface area contributed by atoms with E-state index in [9.17, 15) is 0 Å². The zero-order chi connectivity index (χ0) is 11.5. The molecule has 6 heteroatoms. The molecular formula is C10H11BrN4O. The minimum absolute atomic E-state index is 0.537. The molecule has 16 heavy (non-hydrogen) atoms. The van der Waals surface area contributed by atoms with Crippen LogP contribution in [0.3, 0.4) is 0 Å². The molecule has 0 saturated carbocycles. The SMILES string of the molecule is Cc1c(N)cnc(NCc2ccno2)c1Br. The summed E-state index contributed by atoms with van der Waals surface area (Å²) in [4.78, 5) is 4.19. The Balaban J connectivity index is 2.13. The average Bonchev–Trinajstić information content (AvgIpc) is 2.78. The predicted octanol–water partition coefficient (Wildman–Crippen LogP) is 2.33. The van der Waals surface area contributed by atoms with Crippen molar-refractivity contribution in [1.29, 1.82) is 0 Å². The molecule has 0 aliphatic rings. The number of nitrogens with one attached hydrogen (secondary N) is 1. The van der Waals surface area contributed by atoms with E-state index in [1.165, 1.54) is 0 Å². The topological polar surface area (TPSA) is 77.0 Å². The fourth-order valence-corrected chi connectivity index (χ4v) is 1.69. The van der Waals surface area contributed by atoms with Gasteiger partial charge in [0.25, 0.3) is 0 Å². The lowest BCUT2D eigenvalue weighted by Gasteiger charge is -2.09. The van der Waals surface area contributed by atoms with Crippen LogP contribution in [0.2, 0.25) is 0 Å². The van der Waals surface area contributed by atoms with E-state index >= 15 is 0 Å². The summed E-state index contributed by atoms with van der Waals surface area (Å²) in [6, 6.07) is 1.80. The molecule has 5 nitrogen and oxygen atoms in total. The first-order chi connectivity index (χ1) is 7.68. The van der Waals surface area contributed by atoms with Crippen LogP contribution in [0.5, 0.6) is 0 Å².